The summed E-state index contributed by atoms with van der Waals surface area (Å²) in [5.74, 6) is 1.48. The molecular weight excluding hydrogens is 651 g/mol. The van der Waals surface area contributed by atoms with E-state index < -0.39 is 36.1 Å². The molecule has 2 atom stereocenters. The van der Waals surface area contributed by atoms with Gasteiger partial charge in [-0.05, 0) is 79.5 Å². The second-order valence-corrected chi connectivity index (χ2v) is 14.4. The summed E-state index contributed by atoms with van der Waals surface area (Å²) in [6.07, 6.45) is 0.591. The van der Waals surface area contributed by atoms with Crippen molar-refractivity contribution in [3.05, 3.63) is 54.1 Å². The molecule has 0 bridgehead atoms. The normalized spacial score (nSPS) is 15.0. The standard InChI is InChI=1S/C23H33N2O9PS.C6H12O2.C2H6.CH4/c1-17(2)15-25(36(31,32)22-10-8-20(33-3)9-11-22)13-12-19(24-23(26)27)14-18-4-6-21(7-5-18)34-16-35(28,29)30;7-3-1-6-2-4-8-5-6;1-2;/h4-11,17,19,24H,12-16H2,1-3H3,(H,26,27)(H2,28,29,30);6-7H,1-5H2;1-2H3;1H4/t19-;6-;;/m10../s1. The second kappa shape index (κ2) is 22.8. The number of methoxy groups -OCH3 is 1. The molecule has 0 spiro atoms. The summed E-state index contributed by atoms with van der Waals surface area (Å²) in [7, 11) is -6.63. The molecule has 13 nitrogen and oxygen atoms in total. The van der Waals surface area contributed by atoms with Gasteiger partial charge in [-0.3, -0.25) is 4.57 Å². The maximum atomic E-state index is 13.3. The molecule has 0 unspecified atom stereocenters. The van der Waals surface area contributed by atoms with Gasteiger partial charge in [0.2, 0.25) is 10.0 Å². The van der Waals surface area contributed by atoms with Gasteiger partial charge in [0.05, 0.1) is 12.0 Å². The smallest absolute Gasteiger partial charge is 0.404 e. The lowest BCUT2D eigenvalue weighted by molar-refractivity contribution is 0.175. The molecule has 1 aliphatic heterocycles. The number of hydrogen-bond acceptors (Lipinski definition) is 8. The monoisotopic (exact) mass is 706 g/mol. The fraction of sp³-hybridized carbons (Fsp3) is 0.594. The number of nitrogens with zero attached hydrogens (tertiary/aromatic N) is 1. The molecule has 3 rings (SSSR count). The van der Waals surface area contributed by atoms with Crippen molar-refractivity contribution in [2.24, 2.45) is 11.8 Å². The Morgan fingerprint density at radius 2 is 1.68 bits per heavy atom. The zero-order valence-corrected chi connectivity index (χ0v) is 29.1. The van der Waals surface area contributed by atoms with Gasteiger partial charge in [-0.25, -0.2) is 13.2 Å². The van der Waals surface area contributed by atoms with E-state index >= 15 is 0 Å². The Hall–Kier alpha value is -2.71. The summed E-state index contributed by atoms with van der Waals surface area (Å²) in [6.45, 7) is 10.2. The highest BCUT2D eigenvalue weighted by Crippen LogP contribution is 2.34. The fourth-order valence-corrected chi connectivity index (χ4v) is 6.41. The van der Waals surface area contributed by atoms with Crippen LogP contribution in [0.4, 0.5) is 4.79 Å². The van der Waals surface area contributed by atoms with Crippen LogP contribution in [0.15, 0.2) is 53.4 Å². The van der Waals surface area contributed by atoms with Gasteiger partial charge < -0.3 is 39.5 Å². The highest BCUT2D eigenvalue weighted by molar-refractivity contribution is 7.89. The summed E-state index contributed by atoms with van der Waals surface area (Å²) in [6, 6.07) is 11.9. The number of hydrogen-bond donors (Lipinski definition) is 5. The predicted molar refractivity (Wildman–Crippen MR) is 183 cm³/mol. The zero-order chi connectivity index (χ0) is 34.8. The lowest BCUT2D eigenvalue weighted by Gasteiger charge is -2.26. The minimum atomic E-state index is -4.31. The zero-order valence-electron chi connectivity index (χ0n) is 27.4. The van der Waals surface area contributed by atoms with Gasteiger partial charge in [-0.15, -0.1) is 0 Å². The third-order valence-corrected chi connectivity index (χ3v) is 9.03. The van der Waals surface area contributed by atoms with Crippen LogP contribution in [0.2, 0.25) is 0 Å². The number of sulfonamides is 1. The molecule has 0 aliphatic carbocycles. The Morgan fingerprint density at radius 3 is 2.15 bits per heavy atom. The molecule has 5 N–H and O–H groups in total. The first-order valence-corrected chi connectivity index (χ1v) is 18.6. The van der Waals surface area contributed by atoms with Gasteiger partial charge in [0.25, 0.3) is 0 Å². The van der Waals surface area contributed by atoms with Crippen molar-refractivity contribution >= 4 is 23.7 Å². The SMILES string of the molecule is C.CC.COc1ccc(S(=O)(=O)N(CC[C@H](Cc2ccc(OCP(=O)(O)O)cc2)NC(=O)O)CC(C)C)cc1.OCC[C@H]1CCOC1. The number of rotatable bonds is 16. The van der Waals surface area contributed by atoms with Gasteiger partial charge in [-0.1, -0.05) is 47.3 Å². The number of amides is 1. The van der Waals surface area contributed by atoms with Gasteiger partial charge >= 0.3 is 13.7 Å². The summed E-state index contributed by atoms with van der Waals surface area (Å²) < 4.78 is 54.2. The number of nitrogens with one attached hydrogen (secondary N) is 1. The third kappa shape index (κ3) is 17.9. The third-order valence-electron chi connectivity index (χ3n) is 6.69. The molecule has 47 heavy (non-hydrogen) atoms. The lowest BCUT2D eigenvalue weighted by atomic mass is 10.0. The van der Waals surface area contributed by atoms with E-state index in [1.54, 1.807) is 24.3 Å². The molecule has 1 fully saturated rings. The van der Waals surface area contributed by atoms with Crippen LogP contribution >= 0.6 is 7.60 Å². The van der Waals surface area contributed by atoms with Crippen LogP contribution in [0.25, 0.3) is 0 Å². The molecule has 0 aromatic heterocycles. The number of carboxylic acid groups (broad SMARTS) is 1. The Balaban J connectivity index is 0.00000165. The van der Waals surface area contributed by atoms with E-state index in [-0.39, 0.29) is 49.9 Å². The molecule has 0 radical (unpaired) electrons. The van der Waals surface area contributed by atoms with Crippen molar-refractivity contribution < 1.29 is 52.0 Å². The highest BCUT2D eigenvalue weighted by atomic mass is 32.2. The summed E-state index contributed by atoms with van der Waals surface area (Å²) >= 11 is 0. The molecular formula is C32H55N2O11PS. The summed E-state index contributed by atoms with van der Waals surface area (Å²) in [5.41, 5.74) is 0.741. The van der Waals surface area contributed by atoms with E-state index in [0.29, 0.717) is 18.3 Å². The highest BCUT2D eigenvalue weighted by Gasteiger charge is 2.27. The minimum Gasteiger partial charge on any atom is -0.497 e. The number of aliphatic hydroxyl groups is 1. The van der Waals surface area contributed by atoms with Crippen LogP contribution in [0.1, 0.15) is 59.9 Å². The first-order valence-electron chi connectivity index (χ1n) is 15.3. The van der Waals surface area contributed by atoms with Crippen molar-refractivity contribution in [2.45, 2.75) is 71.7 Å². The van der Waals surface area contributed by atoms with Gasteiger partial charge in [0.1, 0.15) is 11.5 Å². The molecule has 1 saturated heterocycles. The number of ether oxygens (including phenoxy) is 3. The quantitative estimate of drug-likeness (QED) is 0.144. The van der Waals surface area contributed by atoms with E-state index in [1.165, 1.54) is 35.7 Å². The van der Waals surface area contributed by atoms with Gasteiger partial charge in [-0.2, -0.15) is 4.31 Å². The maximum absolute atomic E-state index is 13.3. The maximum Gasteiger partial charge on any atom is 0.404 e. The first kappa shape index (κ1) is 44.3. The van der Waals surface area contributed by atoms with E-state index in [0.717, 1.165) is 31.6 Å². The van der Waals surface area contributed by atoms with Crippen LogP contribution in [-0.4, -0.2) is 91.2 Å². The van der Waals surface area contributed by atoms with E-state index in [2.05, 4.69) is 5.32 Å². The van der Waals surface area contributed by atoms with Crippen molar-refractivity contribution in [1.29, 1.82) is 0 Å². The predicted octanol–water partition coefficient (Wildman–Crippen LogP) is 5.19. The molecule has 2 aromatic rings. The van der Waals surface area contributed by atoms with E-state index in [1.807, 2.05) is 27.7 Å². The van der Waals surface area contributed by atoms with Gasteiger partial charge in [0.15, 0.2) is 6.35 Å². The molecule has 1 heterocycles. The molecule has 2 aromatic carbocycles. The fourth-order valence-electron chi connectivity index (χ4n) is 4.47. The van der Waals surface area contributed by atoms with Crippen LogP contribution < -0.4 is 14.8 Å². The Kier molecular flexibility index (Phi) is 21.5. The van der Waals surface area contributed by atoms with Crippen LogP contribution in [-0.2, 0) is 25.7 Å². The molecule has 1 amide bonds. The van der Waals surface area contributed by atoms with Crippen molar-refractivity contribution in [2.75, 3.05) is 46.4 Å². The largest absolute Gasteiger partial charge is 0.497 e. The summed E-state index contributed by atoms with van der Waals surface area (Å²) in [5, 5.41) is 20.2. The van der Waals surface area contributed by atoms with Crippen molar-refractivity contribution in [3.8, 4) is 11.5 Å². The molecule has 270 valence electrons. The van der Waals surface area contributed by atoms with Crippen LogP contribution in [0.5, 0.6) is 11.5 Å². The minimum absolute atomic E-state index is 0. The van der Waals surface area contributed by atoms with Crippen molar-refractivity contribution in [1.82, 2.24) is 9.62 Å². The summed E-state index contributed by atoms with van der Waals surface area (Å²) in [4.78, 5) is 29.3. The Morgan fingerprint density at radius 1 is 1.09 bits per heavy atom. The molecule has 1 aliphatic rings. The molecule has 0 saturated carbocycles. The van der Waals surface area contributed by atoms with E-state index in [4.69, 9.17) is 29.1 Å². The topological polar surface area (TPSA) is 192 Å². The van der Waals surface area contributed by atoms with Crippen LogP contribution in [0.3, 0.4) is 0 Å². The average Bonchev–Trinajstić information content (AvgIpc) is 3.53. The van der Waals surface area contributed by atoms with Gasteiger partial charge in [0, 0.05) is 39.0 Å². The Labute approximate surface area is 280 Å². The van der Waals surface area contributed by atoms with Crippen LogP contribution in [0, 0.1) is 11.8 Å². The average molecular weight is 707 g/mol. The molecule has 15 heteroatoms. The van der Waals surface area contributed by atoms with Crippen molar-refractivity contribution in [3.63, 3.8) is 0 Å². The van der Waals surface area contributed by atoms with E-state index in [9.17, 15) is 22.9 Å². The first-order chi connectivity index (χ1) is 21.7. The number of benzene rings is 2. The number of aliphatic hydroxyl groups excluding tert-OH is 1. The number of carbonyl (C=O) groups is 1. The lowest BCUT2D eigenvalue weighted by Crippen LogP contribution is -2.41. The second-order valence-electron chi connectivity index (χ2n) is 10.9. The Bertz CT molecular complexity index is 1280.